The first kappa shape index (κ1) is 17.6. The van der Waals surface area contributed by atoms with E-state index >= 15 is 0 Å². The fraction of sp³-hybridized carbons (Fsp3) is 0.409. The van der Waals surface area contributed by atoms with Gasteiger partial charge in [0.15, 0.2) is 0 Å². The van der Waals surface area contributed by atoms with E-state index in [9.17, 15) is 4.79 Å². The number of amides is 1. The first-order valence-electron chi connectivity index (χ1n) is 9.57. The van der Waals surface area contributed by atoms with Crippen LogP contribution in [0.1, 0.15) is 30.4 Å². The zero-order chi connectivity index (χ0) is 17.9. The van der Waals surface area contributed by atoms with Crippen LogP contribution in [-0.2, 0) is 17.8 Å². The number of anilines is 1. The molecule has 1 fully saturated rings. The molecule has 2 heterocycles. The maximum absolute atomic E-state index is 13.2. The van der Waals surface area contributed by atoms with Gasteiger partial charge in [-0.05, 0) is 61.6 Å². The quantitative estimate of drug-likeness (QED) is 0.794. The van der Waals surface area contributed by atoms with Gasteiger partial charge in [-0.15, -0.1) is 0 Å². The summed E-state index contributed by atoms with van der Waals surface area (Å²) in [4.78, 5) is 17.7. The second-order valence-corrected chi connectivity index (χ2v) is 7.86. The van der Waals surface area contributed by atoms with Crippen molar-refractivity contribution in [3.8, 4) is 0 Å². The Morgan fingerprint density at radius 2 is 1.96 bits per heavy atom. The van der Waals surface area contributed by atoms with Gasteiger partial charge in [0.25, 0.3) is 0 Å². The third kappa shape index (κ3) is 3.79. The average Bonchev–Trinajstić information content (AvgIpc) is 2.67. The normalized spacial score (nSPS) is 20.7. The van der Waals surface area contributed by atoms with Crippen LogP contribution in [0.15, 0.2) is 48.5 Å². The Bertz CT molecular complexity index is 791. The molecule has 2 aliphatic heterocycles. The summed E-state index contributed by atoms with van der Waals surface area (Å²) in [6, 6.07) is 16.4. The maximum atomic E-state index is 13.2. The van der Waals surface area contributed by atoms with Gasteiger partial charge in [-0.1, -0.05) is 41.9 Å². The van der Waals surface area contributed by atoms with Crippen LogP contribution < -0.4 is 4.90 Å². The molecule has 4 heteroatoms. The molecule has 4 rings (SSSR count). The first-order chi connectivity index (χ1) is 12.7. The van der Waals surface area contributed by atoms with E-state index in [4.69, 9.17) is 11.6 Å². The second kappa shape index (κ2) is 7.81. The third-order valence-corrected chi connectivity index (χ3v) is 5.76. The SMILES string of the molecule is O=C(C1CCCN(Cc2cccc(Cl)c2)C1)N1CCCc2ccccc21. The molecule has 0 N–H and O–H groups in total. The van der Waals surface area contributed by atoms with Gasteiger partial charge in [-0.3, -0.25) is 9.69 Å². The average molecular weight is 369 g/mol. The van der Waals surface area contributed by atoms with Crippen molar-refractivity contribution in [2.75, 3.05) is 24.5 Å². The van der Waals surface area contributed by atoms with E-state index in [0.29, 0.717) is 5.91 Å². The van der Waals surface area contributed by atoms with E-state index in [1.54, 1.807) is 0 Å². The molecule has 2 aromatic carbocycles. The van der Waals surface area contributed by atoms with Crippen molar-refractivity contribution in [2.45, 2.75) is 32.2 Å². The highest BCUT2D eigenvalue weighted by atomic mass is 35.5. The van der Waals surface area contributed by atoms with Crippen LogP contribution in [0, 0.1) is 5.92 Å². The van der Waals surface area contributed by atoms with E-state index in [2.05, 4.69) is 29.2 Å². The van der Waals surface area contributed by atoms with Gasteiger partial charge in [0.05, 0.1) is 5.92 Å². The summed E-state index contributed by atoms with van der Waals surface area (Å²) in [6.45, 7) is 3.60. The Hall–Kier alpha value is -1.84. The summed E-state index contributed by atoms with van der Waals surface area (Å²) >= 11 is 6.11. The van der Waals surface area contributed by atoms with Gasteiger partial charge >= 0.3 is 0 Å². The van der Waals surface area contributed by atoms with E-state index < -0.39 is 0 Å². The number of carbonyl (C=O) groups excluding carboxylic acids is 1. The fourth-order valence-corrected chi connectivity index (χ4v) is 4.49. The van der Waals surface area contributed by atoms with Crippen LogP contribution >= 0.6 is 11.6 Å². The summed E-state index contributed by atoms with van der Waals surface area (Å²) in [5, 5.41) is 0.775. The molecule has 0 aliphatic carbocycles. The lowest BCUT2D eigenvalue weighted by Crippen LogP contribution is -2.46. The van der Waals surface area contributed by atoms with E-state index in [-0.39, 0.29) is 5.92 Å². The molecule has 0 spiro atoms. The predicted octanol–water partition coefficient (Wildman–Crippen LogP) is 4.53. The zero-order valence-electron chi connectivity index (χ0n) is 15.0. The molecule has 136 valence electrons. The number of likely N-dealkylation sites (tertiary alicyclic amines) is 1. The molecule has 1 saturated heterocycles. The number of halogens is 1. The highest BCUT2D eigenvalue weighted by Crippen LogP contribution is 2.30. The van der Waals surface area contributed by atoms with Crippen molar-refractivity contribution in [3.63, 3.8) is 0 Å². The third-order valence-electron chi connectivity index (χ3n) is 5.53. The molecule has 26 heavy (non-hydrogen) atoms. The fourth-order valence-electron chi connectivity index (χ4n) is 4.28. The Labute approximate surface area is 160 Å². The number of benzene rings is 2. The Kier molecular flexibility index (Phi) is 5.28. The topological polar surface area (TPSA) is 23.6 Å². The first-order valence-corrected chi connectivity index (χ1v) is 9.94. The van der Waals surface area contributed by atoms with Crippen molar-refractivity contribution in [1.29, 1.82) is 0 Å². The summed E-state index contributed by atoms with van der Waals surface area (Å²) < 4.78 is 0. The number of para-hydroxylation sites is 1. The molecule has 0 bridgehead atoms. The molecular formula is C22H25ClN2O. The number of carbonyl (C=O) groups is 1. The monoisotopic (exact) mass is 368 g/mol. The van der Waals surface area contributed by atoms with Crippen molar-refractivity contribution >= 4 is 23.2 Å². The molecule has 2 aromatic rings. The van der Waals surface area contributed by atoms with Crippen molar-refractivity contribution in [2.24, 2.45) is 5.92 Å². The van der Waals surface area contributed by atoms with Crippen molar-refractivity contribution in [1.82, 2.24) is 4.90 Å². The predicted molar refractivity (Wildman–Crippen MR) is 107 cm³/mol. The molecular weight excluding hydrogens is 344 g/mol. The summed E-state index contributed by atoms with van der Waals surface area (Å²) in [6.07, 6.45) is 4.20. The van der Waals surface area contributed by atoms with Crippen LogP contribution in [0.4, 0.5) is 5.69 Å². The highest BCUT2D eigenvalue weighted by molar-refractivity contribution is 6.30. The molecule has 3 nitrogen and oxygen atoms in total. The Morgan fingerprint density at radius 1 is 1.08 bits per heavy atom. The summed E-state index contributed by atoms with van der Waals surface area (Å²) in [5.41, 5.74) is 3.64. The smallest absolute Gasteiger partial charge is 0.231 e. The number of rotatable bonds is 3. The van der Waals surface area contributed by atoms with Gasteiger partial charge in [0, 0.05) is 30.3 Å². The Morgan fingerprint density at radius 3 is 2.85 bits per heavy atom. The van der Waals surface area contributed by atoms with Crippen LogP contribution in [-0.4, -0.2) is 30.4 Å². The Balaban J connectivity index is 1.45. The largest absolute Gasteiger partial charge is 0.312 e. The number of fused-ring (bicyclic) bond motifs is 1. The lowest BCUT2D eigenvalue weighted by atomic mass is 9.93. The molecule has 1 amide bonds. The minimum atomic E-state index is 0.0918. The van der Waals surface area contributed by atoms with E-state index in [1.807, 2.05) is 29.2 Å². The lowest BCUT2D eigenvalue weighted by molar-refractivity contribution is -0.124. The minimum absolute atomic E-state index is 0.0918. The minimum Gasteiger partial charge on any atom is -0.312 e. The summed E-state index contributed by atoms with van der Waals surface area (Å²) in [5.74, 6) is 0.391. The molecule has 0 saturated carbocycles. The number of piperidine rings is 1. The van der Waals surface area contributed by atoms with Gasteiger partial charge < -0.3 is 4.90 Å². The standard InChI is InChI=1S/C22H25ClN2O/c23-20-10-3-6-17(14-20)15-24-12-4-9-19(16-24)22(26)25-13-5-8-18-7-1-2-11-21(18)25/h1-3,6-7,10-11,14,19H,4-5,8-9,12-13,15-16H2. The molecule has 1 atom stereocenters. The second-order valence-electron chi connectivity index (χ2n) is 7.43. The zero-order valence-corrected chi connectivity index (χ0v) is 15.8. The van der Waals surface area contributed by atoms with Crippen LogP contribution in [0.25, 0.3) is 0 Å². The highest BCUT2D eigenvalue weighted by Gasteiger charge is 2.31. The van der Waals surface area contributed by atoms with E-state index in [1.165, 1.54) is 11.1 Å². The number of hydrogen-bond acceptors (Lipinski definition) is 2. The van der Waals surface area contributed by atoms with Crippen molar-refractivity contribution < 1.29 is 4.79 Å². The van der Waals surface area contributed by atoms with Crippen LogP contribution in [0.3, 0.4) is 0 Å². The number of nitrogens with zero attached hydrogens (tertiary/aromatic N) is 2. The summed E-state index contributed by atoms with van der Waals surface area (Å²) in [7, 11) is 0. The molecule has 0 aromatic heterocycles. The van der Waals surface area contributed by atoms with Gasteiger partial charge in [-0.25, -0.2) is 0 Å². The van der Waals surface area contributed by atoms with Gasteiger partial charge in [0.2, 0.25) is 5.91 Å². The van der Waals surface area contributed by atoms with E-state index in [0.717, 1.165) is 62.6 Å². The number of hydrogen-bond donors (Lipinski definition) is 0. The lowest BCUT2D eigenvalue weighted by Gasteiger charge is -2.37. The van der Waals surface area contributed by atoms with Crippen molar-refractivity contribution in [3.05, 3.63) is 64.7 Å². The maximum Gasteiger partial charge on any atom is 0.231 e. The molecule has 1 unspecified atom stereocenters. The van der Waals surface area contributed by atoms with Crippen LogP contribution in [0.2, 0.25) is 5.02 Å². The molecule has 0 radical (unpaired) electrons. The molecule has 2 aliphatic rings. The van der Waals surface area contributed by atoms with Crippen LogP contribution in [0.5, 0.6) is 0 Å². The van der Waals surface area contributed by atoms with Gasteiger partial charge in [-0.2, -0.15) is 0 Å². The van der Waals surface area contributed by atoms with Gasteiger partial charge in [0.1, 0.15) is 0 Å². The number of aryl methyl sites for hydroxylation is 1.